The molecule has 2 aromatic carbocycles. The molecule has 0 radical (unpaired) electrons. The Morgan fingerprint density at radius 3 is 2.58 bits per heavy atom. The average molecular weight is 351 g/mol. The van der Waals surface area contributed by atoms with Crippen molar-refractivity contribution in [3.8, 4) is 5.75 Å². The Bertz CT molecular complexity index is 691. The molecule has 1 aliphatic heterocycles. The van der Waals surface area contributed by atoms with Crippen molar-refractivity contribution in [2.75, 3.05) is 20.2 Å². The predicted molar refractivity (Wildman–Crippen MR) is 106 cm³/mol. The van der Waals surface area contributed by atoms with E-state index in [4.69, 9.17) is 4.74 Å². The molecule has 1 aliphatic rings. The fourth-order valence-electron chi connectivity index (χ4n) is 3.91. The molecule has 1 saturated heterocycles. The van der Waals surface area contributed by atoms with Crippen molar-refractivity contribution in [3.63, 3.8) is 0 Å². The van der Waals surface area contributed by atoms with Gasteiger partial charge >= 0.3 is 0 Å². The largest absolute Gasteiger partial charge is 0.496 e. The Balaban J connectivity index is 1.44. The van der Waals surface area contributed by atoms with Gasteiger partial charge in [-0.15, -0.1) is 0 Å². The molecular weight excluding hydrogens is 322 g/mol. The van der Waals surface area contributed by atoms with E-state index in [9.17, 15) is 4.79 Å². The molecule has 0 aliphatic carbocycles. The minimum atomic E-state index is 0.719. The molecule has 0 amide bonds. The first-order chi connectivity index (χ1) is 12.8. The topological polar surface area (TPSA) is 29.5 Å². The summed E-state index contributed by atoms with van der Waals surface area (Å²) < 4.78 is 5.46. The van der Waals surface area contributed by atoms with Crippen LogP contribution in [-0.4, -0.2) is 31.4 Å². The molecule has 0 N–H and O–H groups in total. The molecule has 0 bridgehead atoms. The minimum absolute atomic E-state index is 0.719. The summed E-state index contributed by atoms with van der Waals surface area (Å²) in [6.07, 6.45) is 7.24. The molecular formula is C23H29NO2. The fraction of sp³-hybridized carbons (Fsp3) is 0.435. The SMILES string of the molecule is COc1ccc(C=O)cc1CN1CCC(CCCc2ccccc2)CC1. The van der Waals surface area contributed by atoms with Crippen molar-refractivity contribution < 1.29 is 9.53 Å². The van der Waals surface area contributed by atoms with Gasteiger partial charge in [0.15, 0.2) is 0 Å². The summed E-state index contributed by atoms with van der Waals surface area (Å²) in [5.74, 6) is 1.72. The monoisotopic (exact) mass is 351 g/mol. The van der Waals surface area contributed by atoms with Crippen molar-refractivity contribution in [1.29, 1.82) is 0 Å². The second kappa shape index (κ2) is 9.54. The highest BCUT2D eigenvalue weighted by molar-refractivity contribution is 5.75. The maximum atomic E-state index is 11.0. The van der Waals surface area contributed by atoms with E-state index in [0.717, 1.165) is 48.7 Å². The molecule has 1 heterocycles. The van der Waals surface area contributed by atoms with Crippen LogP contribution in [0.2, 0.25) is 0 Å². The third-order valence-electron chi connectivity index (χ3n) is 5.46. The standard InChI is InChI=1S/C23H29NO2/c1-26-23-11-10-21(18-25)16-22(23)17-24-14-12-20(13-15-24)9-5-8-19-6-3-2-4-7-19/h2-4,6-7,10-11,16,18,20H,5,8-9,12-15,17H2,1H3. The van der Waals surface area contributed by atoms with Gasteiger partial charge in [-0.3, -0.25) is 9.69 Å². The number of aldehydes is 1. The van der Waals surface area contributed by atoms with Gasteiger partial charge in [0.1, 0.15) is 12.0 Å². The van der Waals surface area contributed by atoms with Gasteiger partial charge in [0.05, 0.1) is 7.11 Å². The summed E-state index contributed by atoms with van der Waals surface area (Å²) in [7, 11) is 1.69. The number of likely N-dealkylation sites (tertiary alicyclic amines) is 1. The van der Waals surface area contributed by atoms with Gasteiger partial charge < -0.3 is 4.74 Å². The van der Waals surface area contributed by atoms with Gasteiger partial charge in [0.25, 0.3) is 0 Å². The lowest BCUT2D eigenvalue weighted by molar-refractivity contribution is 0.112. The summed E-state index contributed by atoms with van der Waals surface area (Å²) in [5, 5.41) is 0. The van der Waals surface area contributed by atoms with Crippen molar-refractivity contribution in [3.05, 3.63) is 65.2 Å². The highest BCUT2D eigenvalue weighted by atomic mass is 16.5. The molecule has 3 nitrogen and oxygen atoms in total. The minimum Gasteiger partial charge on any atom is -0.496 e. The number of ether oxygens (including phenoxy) is 1. The van der Waals surface area contributed by atoms with Crippen molar-refractivity contribution >= 4 is 6.29 Å². The molecule has 1 fully saturated rings. The van der Waals surface area contributed by atoms with Gasteiger partial charge in [-0.2, -0.15) is 0 Å². The smallest absolute Gasteiger partial charge is 0.150 e. The normalized spacial score (nSPS) is 15.7. The van der Waals surface area contributed by atoms with Crippen LogP contribution in [-0.2, 0) is 13.0 Å². The van der Waals surface area contributed by atoms with Crippen molar-refractivity contribution in [1.82, 2.24) is 4.90 Å². The summed E-state index contributed by atoms with van der Waals surface area (Å²) in [4.78, 5) is 13.5. The second-order valence-corrected chi connectivity index (χ2v) is 7.29. The fourth-order valence-corrected chi connectivity index (χ4v) is 3.91. The third kappa shape index (κ3) is 5.18. The van der Waals surface area contributed by atoms with Crippen LogP contribution < -0.4 is 4.74 Å². The number of carbonyl (C=O) groups is 1. The van der Waals surface area contributed by atoms with Gasteiger partial charge in [-0.05, 0) is 68.5 Å². The van der Waals surface area contributed by atoms with Crippen LogP contribution in [0.25, 0.3) is 0 Å². The molecule has 0 aromatic heterocycles. The maximum Gasteiger partial charge on any atom is 0.150 e. The van der Waals surface area contributed by atoms with E-state index in [-0.39, 0.29) is 0 Å². The number of aryl methyl sites for hydroxylation is 1. The number of hydrogen-bond acceptors (Lipinski definition) is 3. The van der Waals surface area contributed by atoms with E-state index in [1.54, 1.807) is 7.11 Å². The van der Waals surface area contributed by atoms with Gasteiger partial charge in [-0.25, -0.2) is 0 Å². The first-order valence-electron chi connectivity index (χ1n) is 9.67. The van der Waals surface area contributed by atoms with Gasteiger partial charge in [0.2, 0.25) is 0 Å². The zero-order chi connectivity index (χ0) is 18.2. The van der Waals surface area contributed by atoms with Crippen LogP contribution in [0.3, 0.4) is 0 Å². The summed E-state index contributed by atoms with van der Waals surface area (Å²) in [6.45, 7) is 3.12. The van der Waals surface area contributed by atoms with E-state index in [2.05, 4.69) is 35.2 Å². The molecule has 138 valence electrons. The van der Waals surface area contributed by atoms with E-state index >= 15 is 0 Å². The Morgan fingerprint density at radius 2 is 1.88 bits per heavy atom. The molecule has 3 heteroatoms. The molecule has 26 heavy (non-hydrogen) atoms. The molecule has 0 unspecified atom stereocenters. The van der Waals surface area contributed by atoms with Crippen molar-refractivity contribution in [2.24, 2.45) is 5.92 Å². The molecule has 0 saturated carbocycles. The van der Waals surface area contributed by atoms with Crippen LogP contribution in [0, 0.1) is 5.92 Å². The van der Waals surface area contributed by atoms with Gasteiger partial charge in [0, 0.05) is 17.7 Å². The van der Waals surface area contributed by atoms with E-state index in [1.165, 1.54) is 37.7 Å². The second-order valence-electron chi connectivity index (χ2n) is 7.29. The quantitative estimate of drug-likeness (QED) is 0.643. The summed E-state index contributed by atoms with van der Waals surface area (Å²) >= 11 is 0. The maximum absolute atomic E-state index is 11.0. The Labute approximate surface area is 157 Å². The number of hydrogen-bond donors (Lipinski definition) is 0. The Kier molecular flexibility index (Phi) is 6.84. The highest BCUT2D eigenvalue weighted by Gasteiger charge is 2.20. The summed E-state index contributed by atoms with van der Waals surface area (Å²) in [6, 6.07) is 16.5. The van der Waals surface area contributed by atoms with Crippen LogP contribution in [0.15, 0.2) is 48.5 Å². The summed E-state index contributed by atoms with van der Waals surface area (Å²) in [5.41, 5.74) is 3.28. The zero-order valence-corrected chi connectivity index (χ0v) is 15.7. The van der Waals surface area contributed by atoms with Gasteiger partial charge in [-0.1, -0.05) is 36.8 Å². The Hall–Kier alpha value is -2.13. The average Bonchev–Trinajstić information content (AvgIpc) is 2.70. The van der Waals surface area contributed by atoms with Crippen LogP contribution >= 0.6 is 0 Å². The lowest BCUT2D eigenvalue weighted by Crippen LogP contribution is -2.33. The number of piperidine rings is 1. The third-order valence-corrected chi connectivity index (χ3v) is 5.46. The number of rotatable bonds is 8. The van der Waals surface area contributed by atoms with Crippen LogP contribution in [0.1, 0.15) is 47.2 Å². The zero-order valence-electron chi connectivity index (χ0n) is 15.7. The van der Waals surface area contributed by atoms with E-state index in [0.29, 0.717) is 0 Å². The predicted octanol–water partition coefficient (Wildman–Crippen LogP) is 4.74. The number of benzene rings is 2. The number of carbonyl (C=O) groups excluding carboxylic acids is 1. The first kappa shape index (κ1) is 18.7. The molecule has 3 rings (SSSR count). The highest BCUT2D eigenvalue weighted by Crippen LogP contribution is 2.26. The molecule has 0 spiro atoms. The van der Waals surface area contributed by atoms with Crippen molar-refractivity contribution in [2.45, 2.75) is 38.6 Å². The molecule has 2 aromatic rings. The number of nitrogens with zero attached hydrogens (tertiary/aromatic N) is 1. The Morgan fingerprint density at radius 1 is 1.12 bits per heavy atom. The van der Waals surface area contributed by atoms with Crippen LogP contribution in [0.5, 0.6) is 5.75 Å². The lowest BCUT2D eigenvalue weighted by Gasteiger charge is -2.32. The molecule has 0 atom stereocenters. The van der Waals surface area contributed by atoms with E-state index < -0.39 is 0 Å². The lowest BCUT2D eigenvalue weighted by atomic mass is 9.90. The number of methoxy groups -OCH3 is 1. The van der Waals surface area contributed by atoms with E-state index in [1.807, 2.05) is 18.2 Å². The first-order valence-corrected chi connectivity index (χ1v) is 9.67. The van der Waals surface area contributed by atoms with Crippen LogP contribution in [0.4, 0.5) is 0 Å².